The van der Waals surface area contributed by atoms with Crippen LogP contribution in [0.3, 0.4) is 0 Å². The molecule has 0 bridgehead atoms. The minimum atomic E-state index is -0.286. The highest BCUT2D eigenvalue weighted by Gasteiger charge is 2.11. The lowest BCUT2D eigenvalue weighted by Crippen LogP contribution is -2.06. The highest BCUT2D eigenvalue weighted by atomic mass is 16.5. The molecule has 0 unspecified atom stereocenters. The van der Waals surface area contributed by atoms with Gasteiger partial charge in [0.25, 0.3) is 0 Å². The van der Waals surface area contributed by atoms with Crippen LogP contribution in [0.2, 0.25) is 0 Å². The Bertz CT molecular complexity index is 579. The lowest BCUT2D eigenvalue weighted by atomic mass is 10.0. The third-order valence-corrected chi connectivity index (χ3v) is 2.98. The highest BCUT2D eigenvalue weighted by molar-refractivity contribution is 5.93. The van der Waals surface area contributed by atoms with E-state index in [0.29, 0.717) is 12.2 Å². The summed E-state index contributed by atoms with van der Waals surface area (Å²) >= 11 is 0. The molecule has 1 N–H and O–H groups in total. The number of anilines is 1. The fraction of sp³-hybridized carbons (Fsp3) is 0.235. The van der Waals surface area contributed by atoms with E-state index in [1.165, 1.54) is 0 Å². The summed E-state index contributed by atoms with van der Waals surface area (Å²) in [5, 5.41) is 3.30. The van der Waals surface area contributed by atoms with E-state index in [9.17, 15) is 4.79 Å². The molecule has 104 valence electrons. The first kappa shape index (κ1) is 14.1. The van der Waals surface area contributed by atoms with Crippen molar-refractivity contribution in [1.29, 1.82) is 0 Å². The molecule has 2 aromatic carbocycles. The lowest BCUT2D eigenvalue weighted by molar-refractivity contribution is 0.0526. The summed E-state index contributed by atoms with van der Waals surface area (Å²) in [6.45, 7) is 5.02. The molecule has 2 aromatic rings. The summed E-state index contributed by atoms with van der Waals surface area (Å²) in [4.78, 5) is 11.8. The number of carbonyl (C=O) groups is 1. The summed E-state index contributed by atoms with van der Waals surface area (Å²) in [6, 6.07) is 15.7. The van der Waals surface area contributed by atoms with Gasteiger partial charge < -0.3 is 10.1 Å². The Balaban J connectivity index is 2.41. The summed E-state index contributed by atoms with van der Waals surface area (Å²) in [5.74, 6) is -0.286. The Kier molecular flexibility index (Phi) is 4.77. The first-order valence-corrected chi connectivity index (χ1v) is 6.86. The molecule has 0 saturated heterocycles. The molecule has 0 spiro atoms. The monoisotopic (exact) mass is 269 g/mol. The van der Waals surface area contributed by atoms with Gasteiger partial charge in [-0.2, -0.15) is 0 Å². The average molecular weight is 269 g/mol. The Morgan fingerprint density at radius 2 is 1.85 bits per heavy atom. The van der Waals surface area contributed by atoms with Gasteiger partial charge in [0.15, 0.2) is 0 Å². The molecule has 0 aliphatic carbocycles. The second kappa shape index (κ2) is 6.75. The summed E-state index contributed by atoms with van der Waals surface area (Å²) in [6.07, 6.45) is 0. The van der Waals surface area contributed by atoms with Crippen LogP contribution in [0.15, 0.2) is 48.5 Å². The molecule has 3 nitrogen and oxygen atoms in total. The maximum absolute atomic E-state index is 11.8. The van der Waals surface area contributed by atoms with E-state index in [1.807, 2.05) is 37.3 Å². The molecule has 0 aromatic heterocycles. The lowest BCUT2D eigenvalue weighted by Gasteiger charge is -2.13. The number of hydrogen-bond donors (Lipinski definition) is 1. The van der Waals surface area contributed by atoms with Crippen molar-refractivity contribution in [2.24, 2.45) is 0 Å². The van der Waals surface area contributed by atoms with Crippen molar-refractivity contribution in [3.63, 3.8) is 0 Å². The molecular formula is C17H19NO2. The van der Waals surface area contributed by atoms with Gasteiger partial charge in [0.2, 0.25) is 0 Å². The van der Waals surface area contributed by atoms with E-state index in [0.717, 1.165) is 23.4 Å². The Labute approximate surface area is 119 Å². The number of carbonyl (C=O) groups excluding carboxylic acids is 1. The minimum Gasteiger partial charge on any atom is -0.462 e. The molecule has 0 fully saturated rings. The van der Waals surface area contributed by atoms with E-state index >= 15 is 0 Å². The van der Waals surface area contributed by atoms with Gasteiger partial charge in [-0.25, -0.2) is 4.79 Å². The van der Waals surface area contributed by atoms with Gasteiger partial charge in [-0.05, 0) is 31.5 Å². The topological polar surface area (TPSA) is 38.3 Å². The third kappa shape index (κ3) is 3.18. The van der Waals surface area contributed by atoms with Gasteiger partial charge in [-0.3, -0.25) is 0 Å². The number of nitrogens with one attached hydrogen (secondary N) is 1. The van der Waals surface area contributed by atoms with Gasteiger partial charge in [0, 0.05) is 17.8 Å². The predicted molar refractivity (Wildman–Crippen MR) is 82.0 cm³/mol. The smallest absolute Gasteiger partial charge is 0.338 e. The zero-order valence-corrected chi connectivity index (χ0v) is 11.8. The van der Waals surface area contributed by atoms with E-state index in [2.05, 4.69) is 17.4 Å². The van der Waals surface area contributed by atoms with Gasteiger partial charge in [0.1, 0.15) is 0 Å². The fourth-order valence-electron chi connectivity index (χ4n) is 2.09. The molecule has 2 rings (SSSR count). The van der Waals surface area contributed by atoms with Crippen molar-refractivity contribution in [2.45, 2.75) is 13.8 Å². The van der Waals surface area contributed by atoms with E-state index in [-0.39, 0.29) is 5.97 Å². The molecular weight excluding hydrogens is 250 g/mol. The highest BCUT2D eigenvalue weighted by Crippen LogP contribution is 2.29. The van der Waals surface area contributed by atoms with Crippen LogP contribution in [0, 0.1) is 0 Å². The van der Waals surface area contributed by atoms with Crippen LogP contribution >= 0.6 is 0 Å². The largest absolute Gasteiger partial charge is 0.462 e. The van der Waals surface area contributed by atoms with Crippen LogP contribution in [0.1, 0.15) is 24.2 Å². The van der Waals surface area contributed by atoms with Crippen LogP contribution in [0.4, 0.5) is 5.69 Å². The first-order valence-electron chi connectivity index (χ1n) is 6.86. The van der Waals surface area contributed by atoms with Crippen LogP contribution in [-0.2, 0) is 4.74 Å². The van der Waals surface area contributed by atoms with Crippen molar-refractivity contribution < 1.29 is 9.53 Å². The van der Waals surface area contributed by atoms with Crippen molar-refractivity contribution >= 4 is 11.7 Å². The molecule has 0 atom stereocenters. The maximum atomic E-state index is 11.8. The van der Waals surface area contributed by atoms with Gasteiger partial charge in [-0.15, -0.1) is 0 Å². The normalized spacial score (nSPS) is 10.1. The second-order valence-electron chi connectivity index (χ2n) is 4.38. The van der Waals surface area contributed by atoms with E-state index in [4.69, 9.17) is 4.74 Å². The molecule has 0 aliphatic rings. The number of ether oxygens (including phenoxy) is 1. The molecule has 0 radical (unpaired) electrons. The SMILES string of the molecule is CCNc1cc(C(=O)OCC)ccc1-c1ccccc1. The van der Waals surface area contributed by atoms with Crippen LogP contribution in [0.5, 0.6) is 0 Å². The predicted octanol–water partition coefficient (Wildman–Crippen LogP) is 3.96. The van der Waals surface area contributed by atoms with Gasteiger partial charge >= 0.3 is 5.97 Å². The van der Waals surface area contributed by atoms with E-state index < -0.39 is 0 Å². The van der Waals surface area contributed by atoms with Crippen molar-refractivity contribution in [3.8, 4) is 11.1 Å². The Hall–Kier alpha value is -2.29. The van der Waals surface area contributed by atoms with Crippen LogP contribution in [-0.4, -0.2) is 19.1 Å². The minimum absolute atomic E-state index is 0.286. The van der Waals surface area contributed by atoms with Crippen LogP contribution in [0.25, 0.3) is 11.1 Å². The summed E-state index contributed by atoms with van der Waals surface area (Å²) in [5.41, 5.74) is 3.73. The zero-order chi connectivity index (χ0) is 14.4. The molecule has 0 saturated carbocycles. The number of esters is 1. The summed E-state index contributed by atoms with van der Waals surface area (Å²) in [7, 11) is 0. The van der Waals surface area contributed by atoms with Gasteiger partial charge in [0.05, 0.1) is 12.2 Å². The molecule has 0 amide bonds. The number of rotatable bonds is 5. The summed E-state index contributed by atoms with van der Waals surface area (Å²) < 4.78 is 5.04. The van der Waals surface area contributed by atoms with Crippen molar-refractivity contribution in [1.82, 2.24) is 0 Å². The second-order valence-corrected chi connectivity index (χ2v) is 4.38. The molecule has 0 heterocycles. The van der Waals surface area contributed by atoms with Crippen LogP contribution < -0.4 is 5.32 Å². The quantitative estimate of drug-likeness (QED) is 0.835. The molecule has 3 heteroatoms. The molecule has 20 heavy (non-hydrogen) atoms. The zero-order valence-electron chi connectivity index (χ0n) is 11.8. The Morgan fingerprint density at radius 1 is 1.10 bits per heavy atom. The van der Waals surface area contributed by atoms with Crippen molar-refractivity contribution in [3.05, 3.63) is 54.1 Å². The standard InChI is InChI=1S/C17H19NO2/c1-3-18-16-12-14(17(19)20-4-2)10-11-15(16)13-8-6-5-7-9-13/h5-12,18H,3-4H2,1-2H3. The third-order valence-electron chi connectivity index (χ3n) is 2.98. The van der Waals surface area contributed by atoms with E-state index in [1.54, 1.807) is 13.0 Å². The van der Waals surface area contributed by atoms with Crippen molar-refractivity contribution in [2.75, 3.05) is 18.5 Å². The fourth-order valence-corrected chi connectivity index (χ4v) is 2.09. The first-order chi connectivity index (χ1) is 9.76. The Morgan fingerprint density at radius 3 is 2.50 bits per heavy atom. The van der Waals surface area contributed by atoms with Gasteiger partial charge in [-0.1, -0.05) is 36.4 Å². The number of benzene rings is 2. The maximum Gasteiger partial charge on any atom is 0.338 e. The number of hydrogen-bond acceptors (Lipinski definition) is 3. The molecule has 0 aliphatic heterocycles. The average Bonchev–Trinajstić information content (AvgIpc) is 2.49.